The van der Waals surface area contributed by atoms with Gasteiger partial charge in [0.15, 0.2) is 17.3 Å². The number of ether oxygens (including phenoxy) is 2. The molecule has 0 aliphatic rings. The predicted molar refractivity (Wildman–Crippen MR) is 73.8 cm³/mol. The van der Waals surface area contributed by atoms with Gasteiger partial charge >= 0.3 is 0 Å². The van der Waals surface area contributed by atoms with Crippen molar-refractivity contribution in [1.29, 1.82) is 0 Å². The van der Waals surface area contributed by atoms with Gasteiger partial charge in [0.05, 0.1) is 6.61 Å². The molecular formula is C14H19N3O3. The highest BCUT2D eigenvalue weighted by Gasteiger charge is 2.10. The van der Waals surface area contributed by atoms with Crippen molar-refractivity contribution in [2.45, 2.75) is 27.0 Å². The van der Waals surface area contributed by atoms with E-state index in [4.69, 9.17) is 14.6 Å². The van der Waals surface area contributed by atoms with Crippen LogP contribution >= 0.6 is 0 Å². The van der Waals surface area contributed by atoms with Gasteiger partial charge in [0.25, 0.3) is 0 Å². The van der Waals surface area contributed by atoms with Crippen molar-refractivity contribution in [3.8, 4) is 11.5 Å². The highest BCUT2D eigenvalue weighted by Crippen LogP contribution is 2.27. The van der Waals surface area contributed by atoms with E-state index in [1.807, 2.05) is 36.6 Å². The number of rotatable bonds is 7. The molecule has 0 bridgehead atoms. The normalized spacial score (nSPS) is 10.6. The zero-order valence-corrected chi connectivity index (χ0v) is 11.7. The molecule has 2 aromatic rings. The zero-order chi connectivity index (χ0) is 14.4. The van der Waals surface area contributed by atoms with E-state index in [0.717, 1.165) is 18.2 Å². The summed E-state index contributed by atoms with van der Waals surface area (Å²) in [5, 5.41) is 17.0. The Hall–Kier alpha value is -2.08. The van der Waals surface area contributed by atoms with Crippen LogP contribution in [0.2, 0.25) is 0 Å². The maximum absolute atomic E-state index is 8.81. The van der Waals surface area contributed by atoms with E-state index in [1.54, 1.807) is 6.07 Å². The lowest BCUT2D eigenvalue weighted by Crippen LogP contribution is -2.08. The van der Waals surface area contributed by atoms with Crippen molar-refractivity contribution in [3.63, 3.8) is 0 Å². The molecule has 6 heteroatoms. The van der Waals surface area contributed by atoms with Crippen LogP contribution < -0.4 is 9.47 Å². The molecule has 1 aromatic carbocycles. The molecule has 6 nitrogen and oxygen atoms in total. The lowest BCUT2D eigenvalue weighted by Gasteiger charge is -2.12. The van der Waals surface area contributed by atoms with Gasteiger partial charge in [-0.15, -0.1) is 10.2 Å². The second kappa shape index (κ2) is 6.91. The molecule has 0 radical (unpaired) electrons. The third kappa shape index (κ3) is 3.27. The molecule has 0 aliphatic carbocycles. The van der Waals surface area contributed by atoms with Crippen molar-refractivity contribution in [2.24, 2.45) is 0 Å². The van der Waals surface area contributed by atoms with Gasteiger partial charge in [0.1, 0.15) is 19.0 Å². The number of benzene rings is 1. The van der Waals surface area contributed by atoms with Crippen LogP contribution in [0.5, 0.6) is 11.5 Å². The maximum atomic E-state index is 8.81. The molecule has 0 amide bonds. The first-order valence-corrected chi connectivity index (χ1v) is 6.60. The van der Waals surface area contributed by atoms with E-state index in [1.165, 1.54) is 0 Å². The van der Waals surface area contributed by atoms with Crippen molar-refractivity contribution in [3.05, 3.63) is 35.9 Å². The molecule has 1 heterocycles. The second-order valence-electron chi connectivity index (χ2n) is 4.22. The summed E-state index contributed by atoms with van der Waals surface area (Å²) in [5.41, 5.74) is 0. The molecule has 0 saturated carbocycles. The smallest absolute Gasteiger partial charge is 0.171 e. The van der Waals surface area contributed by atoms with Crippen LogP contribution in [0.25, 0.3) is 0 Å². The summed E-state index contributed by atoms with van der Waals surface area (Å²) in [6, 6.07) is 7.36. The minimum atomic E-state index is -0.0301. The summed E-state index contributed by atoms with van der Waals surface area (Å²) in [4.78, 5) is 0. The van der Waals surface area contributed by atoms with Gasteiger partial charge < -0.3 is 19.1 Å². The summed E-state index contributed by atoms with van der Waals surface area (Å²) in [6.07, 6.45) is 0. The Morgan fingerprint density at radius 1 is 1.15 bits per heavy atom. The number of aliphatic hydroxyl groups is 1. The molecular weight excluding hydrogens is 258 g/mol. The van der Waals surface area contributed by atoms with Gasteiger partial charge in [-0.2, -0.15) is 0 Å². The monoisotopic (exact) mass is 277 g/mol. The Morgan fingerprint density at radius 3 is 2.50 bits per heavy atom. The van der Waals surface area contributed by atoms with Crippen molar-refractivity contribution < 1.29 is 14.6 Å². The Labute approximate surface area is 118 Å². The summed E-state index contributed by atoms with van der Waals surface area (Å²) in [6.45, 7) is 5.30. The number of aliphatic hydroxyl groups excluding tert-OH is 1. The third-order valence-electron chi connectivity index (χ3n) is 2.88. The first-order valence-electron chi connectivity index (χ1n) is 6.60. The van der Waals surface area contributed by atoms with Crippen LogP contribution in [0.1, 0.15) is 18.6 Å². The fourth-order valence-electron chi connectivity index (χ4n) is 1.93. The highest BCUT2D eigenvalue weighted by molar-refractivity contribution is 5.39. The molecule has 0 fully saturated rings. The quantitative estimate of drug-likeness (QED) is 0.831. The first kappa shape index (κ1) is 14.3. The van der Waals surface area contributed by atoms with E-state index in [2.05, 4.69) is 10.2 Å². The third-order valence-corrected chi connectivity index (χ3v) is 2.88. The zero-order valence-electron chi connectivity index (χ0n) is 11.7. The fourth-order valence-corrected chi connectivity index (χ4v) is 1.93. The van der Waals surface area contributed by atoms with Gasteiger partial charge in [-0.3, -0.25) is 0 Å². The first-order chi connectivity index (χ1) is 9.76. The maximum Gasteiger partial charge on any atom is 0.171 e. The fraction of sp³-hybridized carbons (Fsp3) is 0.429. The van der Waals surface area contributed by atoms with E-state index in [-0.39, 0.29) is 13.2 Å². The minimum absolute atomic E-state index is 0.0301. The number of aromatic nitrogens is 3. The molecule has 20 heavy (non-hydrogen) atoms. The Balaban J connectivity index is 2.06. The van der Waals surface area contributed by atoms with Crippen LogP contribution in [-0.2, 0) is 13.2 Å². The predicted octanol–water partition coefficient (Wildman–Crippen LogP) is 1.56. The molecule has 0 unspecified atom stereocenters. The van der Waals surface area contributed by atoms with Crippen LogP contribution in [0.15, 0.2) is 24.3 Å². The van der Waals surface area contributed by atoms with Crippen LogP contribution in [-0.4, -0.2) is 33.1 Å². The van der Waals surface area contributed by atoms with Crippen molar-refractivity contribution >= 4 is 0 Å². The van der Waals surface area contributed by atoms with Crippen LogP contribution in [0.3, 0.4) is 0 Å². The SMILES string of the molecule is CCn1c(C)nnc1COc1ccccc1OCCO. The van der Waals surface area contributed by atoms with E-state index in [0.29, 0.717) is 18.1 Å². The molecule has 0 spiro atoms. The Kier molecular flexibility index (Phi) is 4.95. The summed E-state index contributed by atoms with van der Waals surface area (Å²) in [5.74, 6) is 2.89. The van der Waals surface area contributed by atoms with Crippen LogP contribution in [0.4, 0.5) is 0 Å². The second-order valence-corrected chi connectivity index (χ2v) is 4.22. The van der Waals surface area contributed by atoms with Crippen LogP contribution in [0, 0.1) is 6.92 Å². The molecule has 1 aromatic heterocycles. The minimum Gasteiger partial charge on any atom is -0.487 e. The molecule has 0 saturated heterocycles. The Bertz CT molecular complexity index is 554. The summed E-state index contributed by atoms with van der Waals surface area (Å²) >= 11 is 0. The molecule has 108 valence electrons. The lowest BCUT2D eigenvalue weighted by molar-refractivity contribution is 0.191. The largest absolute Gasteiger partial charge is 0.487 e. The molecule has 0 aliphatic heterocycles. The van der Waals surface area contributed by atoms with Gasteiger partial charge in [-0.05, 0) is 26.0 Å². The average molecular weight is 277 g/mol. The van der Waals surface area contributed by atoms with Gasteiger partial charge in [0, 0.05) is 6.54 Å². The van der Waals surface area contributed by atoms with Crippen molar-refractivity contribution in [1.82, 2.24) is 14.8 Å². The summed E-state index contributed by atoms with van der Waals surface area (Å²) in [7, 11) is 0. The van der Waals surface area contributed by atoms with E-state index in [9.17, 15) is 0 Å². The number of hydrogen-bond acceptors (Lipinski definition) is 5. The van der Waals surface area contributed by atoms with Gasteiger partial charge in [-0.1, -0.05) is 12.1 Å². The number of nitrogens with zero attached hydrogens (tertiary/aromatic N) is 3. The summed E-state index contributed by atoms with van der Waals surface area (Å²) < 4.78 is 13.2. The van der Waals surface area contributed by atoms with Crippen molar-refractivity contribution in [2.75, 3.05) is 13.2 Å². The molecule has 0 atom stereocenters. The molecule has 1 N–H and O–H groups in total. The number of hydrogen-bond donors (Lipinski definition) is 1. The van der Waals surface area contributed by atoms with Gasteiger partial charge in [0.2, 0.25) is 0 Å². The Morgan fingerprint density at radius 2 is 1.85 bits per heavy atom. The van der Waals surface area contributed by atoms with Gasteiger partial charge in [-0.25, -0.2) is 0 Å². The number of para-hydroxylation sites is 2. The standard InChI is InChI=1S/C14H19N3O3/c1-3-17-11(2)15-16-14(17)10-20-13-7-5-4-6-12(13)19-9-8-18/h4-7,18H,3,8-10H2,1-2H3. The topological polar surface area (TPSA) is 69.4 Å². The van der Waals surface area contributed by atoms with E-state index < -0.39 is 0 Å². The number of aryl methyl sites for hydroxylation is 1. The van der Waals surface area contributed by atoms with E-state index >= 15 is 0 Å². The highest BCUT2D eigenvalue weighted by atomic mass is 16.5. The average Bonchev–Trinajstić information content (AvgIpc) is 2.83. The molecule has 2 rings (SSSR count). The lowest BCUT2D eigenvalue weighted by atomic mass is 10.3.